The Kier molecular flexibility index (Phi) is 8.23. The molecule has 0 saturated carbocycles. The minimum atomic E-state index is -0.293. The molecule has 0 aliphatic carbocycles. The highest BCUT2D eigenvalue weighted by molar-refractivity contribution is 6.20. The summed E-state index contributed by atoms with van der Waals surface area (Å²) >= 11 is 0. The second-order valence-corrected chi connectivity index (χ2v) is 8.60. The molecule has 0 unspecified atom stereocenters. The van der Waals surface area contributed by atoms with Crippen molar-refractivity contribution in [1.82, 2.24) is 0 Å². The highest BCUT2D eigenvalue weighted by Crippen LogP contribution is 2.30. The lowest BCUT2D eigenvalue weighted by Gasteiger charge is -2.30. The van der Waals surface area contributed by atoms with E-state index < -0.39 is 0 Å². The Hall–Kier alpha value is -4.84. The van der Waals surface area contributed by atoms with Crippen molar-refractivity contribution in [3.05, 3.63) is 132 Å². The lowest BCUT2D eigenvalue weighted by molar-refractivity contribution is 0.0995. The molecule has 0 aromatic heterocycles. The van der Waals surface area contributed by atoms with Crippen LogP contribution in [0.5, 0.6) is 11.5 Å². The average molecular weight is 507 g/mol. The molecule has 6 heteroatoms. The summed E-state index contributed by atoms with van der Waals surface area (Å²) in [6.07, 6.45) is 0. The van der Waals surface area contributed by atoms with Crippen LogP contribution in [0.4, 0.5) is 11.4 Å². The number of anilines is 2. The van der Waals surface area contributed by atoms with Gasteiger partial charge in [-0.15, -0.1) is 0 Å². The topological polar surface area (TPSA) is 59.1 Å². The van der Waals surface area contributed by atoms with Crippen molar-refractivity contribution in [2.45, 2.75) is 0 Å². The number of rotatable bonds is 10. The van der Waals surface area contributed by atoms with Crippen LogP contribution in [0, 0.1) is 0 Å². The quantitative estimate of drug-likeness (QED) is 0.187. The summed E-state index contributed by atoms with van der Waals surface area (Å²) in [4.78, 5) is 32.0. The summed E-state index contributed by atoms with van der Waals surface area (Å²) in [5.74, 6) is 0.691. The van der Waals surface area contributed by atoms with Crippen LogP contribution in [0.2, 0.25) is 0 Å². The molecule has 0 fully saturated rings. The number of Topliss-reactive ketones (excluding diaryl/α,β-unsaturated/α-hetero) is 2. The molecule has 4 rings (SSSR count). The molecule has 0 bridgehead atoms. The number of benzene rings is 4. The normalized spacial score (nSPS) is 11.3. The van der Waals surface area contributed by atoms with Gasteiger partial charge in [0.2, 0.25) is 11.6 Å². The number of ether oxygens (including phenoxy) is 2. The minimum absolute atomic E-state index is 0.244. The summed E-state index contributed by atoms with van der Waals surface area (Å²) in [7, 11) is 6.75. The first-order valence-electron chi connectivity index (χ1n) is 12.1. The third-order valence-corrected chi connectivity index (χ3v) is 6.32. The molecule has 192 valence electrons. The molecular weight excluding hydrogens is 476 g/mol. The maximum atomic E-state index is 14.2. The van der Waals surface area contributed by atoms with Crippen molar-refractivity contribution in [2.24, 2.45) is 0 Å². The number of ketones is 2. The van der Waals surface area contributed by atoms with Crippen LogP contribution in [0.25, 0.3) is 0 Å². The van der Waals surface area contributed by atoms with Gasteiger partial charge in [-0.05, 0) is 72.8 Å². The molecule has 0 atom stereocenters. The number of carbonyl (C=O) groups excluding carboxylic acids is 2. The first kappa shape index (κ1) is 26.2. The zero-order valence-electron chi connectivity index (χ0n) is 21.9. The highest BCUT2D eigenvalue weighted by atomic mass is 16.5. The predicted molar refractivity (Wildman–Crippen MR) is 151 cm³/mol. The Labute approximate surface area is 223 Å². The van der Waals surface area contributed by atoms with Crippen molar-refractivity contribution in [1.29, 1.82) is 0 Å². The van der Waals surface area contributed by atoms with E-state index in [9.17, 15) is 9.59 Å². The lowest BCUT2D eigenvalue weighted by Crippen LogP contribution is -2.34. The van der Waals surface area contributed by atoms with Gasteiger partial charge in [-0.25, -0.2) is 0 Å². The fraction of sp³-hybridized carbons (Fsp3) is 0.125. The summed E-state index contributed by atoms with van der Waals surface area (Å²) in [5.41, 5.74) is 2.90. The zero-order chi connectivity index (χ0) is 27.1. The standard InChI is InChI=1S/C32H30N2O4/c1-33(25-11-7-5-8-12-25)29(31(35)23-15-19-27(37-3)20-16-23)30(34(2)26-13-9-6-10-14-26)32(36)24-17-21-28(38-4)22-18-24/h5-22H,1-4H3/b30-29-. The Morgan fingerprint density at radius 1 is 0.500 bits per heavy atom. The number of carbonyl (C=O) groups is 2. The third kappa shape index (κ3) is 5.60. The largest absolute Gasteiger partial charge is 0.497 e. The first-order valence-corrected chi connectivity index (χ1v) is 12.1. The van der Waals surface area contributed by atoms with Crippen LogP contribution in [0.15, 0.2) is 121 Å². The molecule has 0 radical (unpaired) electrons. The molecule has 0 N–H and O–H groups in total. The van der Waals surface area contributed by atoms with E-state index in [2.05, 4.69) is 0 Å². The van der Waals surface area contributed by atoms with Gasteiger partial charge >= 0.3 is 0 Å². The van der Waals surface area contributed by atoms with Gasteiger partial charge in [0.1, 0.15) is 22.9 Å². The number of hydrogen-bond donors (Lipinski definition) is 0. The molecule has 0 spiro atoms. The Balaban J connectivity index is 1.97. The second-order valence-electron chi connectivity index (χ2n) is 8.60. The molecule has 0 aliphatic heterocycles. The summed E-state index contributed by atoms with van der Waals surface area (Å²) in [6.45, 7) is 0. The molecule has 0 aliphatic rings. The van der Waals surface area contributed by atoms with Crippen LogP contribution in [-0.2, 0) is 0 Å². The fourth-order valence-electron chi connectivity index (χ4n) is 4.16. The molecule has 38 heavy (non-hydrogen) atoms. The van der Waals surface area contributed by atoms with E-state index >= 15 is 0 Å². The number of nitrogens with zero attached hydrogens (tertiary/aromatic N) is 2. The Morgan fingerprint density at radius 3 is 1.11 bits per heavy atom. The molecule has 4 aromatic rings. The van der Waals surface area contributed by atoms with Gasteiger partial charge in [0, 0.05) is 36.6 Å². The van der Waals surface area contributed by atoms with Crippen molar-refractivity contribution in [2.75, 3.05) is 38.1 Å². The summed E-state index contributed by atoms with van der Waals surface area (Å²) in [6, 6.07) is 32.8. The maximum absolute atomic E-state index is 14.2. The van der Waals surface area contributed by atoms with Crippen molar-refractivity contribution in [3.8, 4) is 11.5 Å². The molecule has 0 heterocycles. The number of hydrogen-bond acceptors (Lipinski definition) is 6. The zero-order valence-corrected chi connectivity index (χ0v) is 21.9. The number of allylic oxidation sites excluding steroid dienone is 2. The van der Waals surface area contributed by atoms with Crippen LogP contribution in [-0.4, -0.2) is 39.9 Å². The SMILES string of the molecule is COc1ccc(C(=O)/C(=C(\C(=O)c2ccc(OC)cc2)N(C)c2ccccc2)N(C)c2ccccc2)cc1. The van der Waals surface area contributed by atoms with E-state index in [0.717, 1.165) is 11.4 Å². The number of para-hydroxylation sites is 2. The summed E-state index contributed by atoms with van der Waals surface area (Å²) < 4.78 is 10.6. The molecule has 0 saturated heterocycles. The Morgan fingerprint density at radius 2 is 0.816 bits per heavy atom. The maximum Gasteiger partial charge on any atom is 0.211 e. The van der Waals surface area contributed by atoms with E-state index in [1.54, 1.807) is 86.6 Å². The fourth-order valence-corrected chi connectivity index (χ4v) is 4.16. The van der Waals surface area contributed by atoms with Crippen molar-refractivity contribution < 1.29 is 19.1 Å². The number of likely N-dealkylation sites (N-methyl/N-ethyl adjacent to an activating group) is 2. The van der Waals surface area contributed by atoms with Crippen LogP contribution in [0.3, 0.4) is 0 Å². The van der Waals surface area contributed by atoms with Crippen LogP contribution >= 0.6 is 0 Å². The highest BCUT2D eigenvalue weighted by Gasteiger charge is 2.30. The van der Waals surface area contributed by atoms with Crippen molar-refractivity contribution >= 4 is 22.9 Å². The molecule has 4 aromatic carbocycles. The Bertz CT molecular complexity index is 1300. The third-order valence-electron chi connectivity index (χ3n) is 6.32. The molecular formula is C32H30N2O4. The first-order chi connectivity index (χ1) is 18.4. The van der Waals surface area contributed by atoms with Gasteiger partial charge in [-0.1, -0.05) is 36.4 Å². The summed E-state index contributed by atoms with van der Waals surface area (Å²) in [5, 5.41) is 0. The smallest absolute Gasteiger partial charge is 0.211 e. The second kappa shape index (κ2) is 11.9. The van der Waals surface area contributed by atoms with Crippen LogP contribution in [0.1, 0.15) is 20.7 Å². The lowest BCUT2D eigenvalue weighted by atomic mass is 9.99. The van der Waals surface area contributed by atoms with Gasteiger partial charge in [-0.3, -0.25) is 9.59 Å². The molecule has 6 nitrogen and oxygen atoms in total. The van der Waals surface area contributed by atoms with E-state index in [0.29, 0.717) is 22.6 Å². The van der Waals surface area contributed by atoms with Gasteiger partial charge in [0.15, 0.2) is 0 Å². The van der Waals surface area contributed by atoms with Crippen LogP contribution < -0.4 is 19.3 Å². The minimum Gasteiger partial charge on any atom is -0.497 e. The van der Waals surface area contributed by atoms with Crippen molar-refractivity contribution in [3.63, 3.8) is 0 Å². The van der Waals surface area contributed by atoms with E-state index in [4.69, 9.17) is 9.47 Å². The average Bonchev–Trinajstić information content (AvgIpc) is 2.99. The number of methoxy groups -OCH3 is 2. The van der Waals surface area contributed by atoms with E-state index in [-0.39, 0.29) is 23.0 Å². The monoisotopic (exact) mass is 506 g/mol. The van der Waals surface area contributed by atoms with Gasteiger partial charge in [0.25, 0.3) is 0 Å². The van der Waals surface area contributed by atoms with Gasteiger partial charge in [0.05, 0.1) is 14.2 Å². The van der Waals surface area contributed by atoms with E-state index in [1.807, 2.05) is 60.7 Å². The predicted octanol–water partition coefficient (Wildman–Crippen LogP) is 6.25. The van der Waals surface area contributed by atoms with E-state index in [1.165, 1.54) is 0 Å². The van der Waals surface area contributed by atoms with Gasteiger partial charge < -0.3 is 19.3 Å². The molecule has 0 amide bonds. The van der Waals surface area contributed by atoms with Gasteiger partial charge in [-0.2, -0.15) is 0 Å².